The Hall–Kier alpha value is -0.700. The molecule has 46 valence electrons. The van der Waals surface area contributed by atoms with Crippen molar-refractivity contribution in [2.24, 2.45) is 0 Å². The van der Waals surface area contributed by atoms with E-state index in [9.17, 15) is 4.79 Å². The molecule has 0 aliphatic rings. The molecule has 0 aromatic heterocycles. The van der Waals surface area contributed by atoms with Crippen LogP contribution in [0, 0.1) is 0 Å². The molecular weight excluding hydrogens is 131 g/mol. The van der Waals surface area contributed by atoms with Gasteiger partial charge in [-0.1, -0.05) is 11.6 Å². The highest BCUT2D eigenvalue weighted by Crippen LogP contribution is 1.80. The van der Waals surface area contributed by atoms with Crippen molar-refractivity contribution in [3.63, 3.8) is 0 Å². The van der Waals surface area contributed by atoms with Crippen LogP contribution >= 0.6 is 11.6 Å². The minimum Gasteiger partial charge on any atom is -0.450 e. The van der Waals surface area contributed by atoms with E-state index in [0.717, 1.165) is 0 Å². The van der Waals surface area contributed by atoms with Crippen molar-refractivity contribution >= 4 is 17.8 Å². The minimum absolute atomic E-state index is 0.0127. The molecule has 4 heteroatoms. The van der Waals surface area contributed by atoms with E-state index >= 15 is 0 Å². The molecule has 0 spiro atoms. The van der Waals surface area contributed by atoms with Gasteiger partial charge in [0.25, 0.3) is 0 Å². The maximum absolute atomic E-state index is 9.57. The topological polar surface area (TPSA) is 46.5 Å². The molecule has 0 aromatic carbocycles. The number of halogens is 1. The Bertz CT molecular complexity index is 99.5. The van der Waals surface area contributed by atoms with Crippen molar-refractivity contribution in [3.05, 3.63) is 11.6 Å². The van der Waals surface area contributed by atoms with Crippen LogP contribution in [0.15, 0.2) is 11.6 Å². The van der Waals surface area contributed by atoms with Gasteiger partial charge in [-0.2, -0.15) is 0 Å². The second-order valence-electron chi connectivity index (χ2n) is 0.939. The molecule has 0 unspecified atom stereocenters. The van der Waals surface area contributed by atoms with Crippen molar-refractivity contribution in [2.75, 3.05) is 6.61 Å². The molecule has 0 bridgehead atoms. The molecular formula is C4H5ClO3. The smallest absolute Gasteiger partial charge is 0.450 e. The largest absolute Gasteiger partial charge is 0.506 e. The second kappa shape index (κ2) is 4.46. The first-order chi connectivity index (χ1) is 3.77. The molecule has 0 amide bonds. The monoisotopic (exact) mass is 136 g/mol. The third-order valence-corrected chi connectivity index (χ3v) is 0.570. The molecule has 0 rings (SSSR count). The van der Waals surface area contributed by atoms with Gasteiger partial charge in [0.05, 0.1) is 0 Å². The Morgan fingerprint density at radius 1 is 1.88 bits per heavy atom. The SMILES string of the molecule is O=C(O)OCC=CCl. The molecule has 0 aliphatic heterocycles. The zero-order chi connectivity index (χ0) is 6.41. The lowest BCUT2D eigenvalue weighted by Crippen LogP contribution is -1.98. The van der Waals surface area contributed by atoms with E-state index < -0.39 is 6.16 Å². The number of carbonyl (C=O) groups is 1. The van der Waals surface area contributed by atoms with Crippen LogP contribution < -0.4 is 0 Å². The predicted molar refractivity (Wildman–Crippen MR) is 29.0 cm³/mol. The summed E-state index contributed by atoms with van der Waals surface area (Å²) in [6, 6.07) is 0. The van der Waals surface area contributed by atoms with Gasteiger partial charge in [0, 0.05) is 5.54 Å². The standard InChI is InChI=1S/C4H5ClO3/c5-2-1-3-8-4(6)7/h1-2H,3H2,(H,6,7). The maximum atomic E-state index is 9.57. The summed E-state index contributed by atoms with van der Waals surface area (Å²) < 4.78 is 4.03. The number of hydrogen-bond donors (Lipinski definition) is 1. The van der Waals surface area contributed by atoms with E-state index in [-0.39, 0.29) is 6.61 Å². The molecule has 0 aliphatic carbocycles. The summed E-state index contributed by atoms with van der Waals surface area (Å²) in [6.07, 6.45) is 0.0927. The average molecular weight is 137 g/mol. The molecule has 0 aromatic rings. The first-order valence-electron chi connectivity index (χ1n) is 1.88. The van der Waals surface area contributed by atoms with Gasteiger partial charge in [0.15, 0.2) is 0 Å². The summed E-state index contributed by atoms with van der Waals surface area (Å²) in [7, 11) is 0. The van der Waals surface area contributed by atoms with Gasteiger partial charge in [-0.05, 0) is 6.08 Å². The Kier molecular flexibility index (Phi) is 4.07. The Morgan fingerprint density at radius 2 is 2.50 bits per heavy atom. The first-order valence-corrected chi connectivity index (χ1v) is 2.32. The van der Waals surface area contributed by atoms with E-state index in [1.807, 2.05) is 0 Å². The molecule has 8 heavy (non-hydrogen) atoms. The molecule has 0 fully saturated rings. The molecule has 0 atom stereocenters. The van der Waals surface area contributed by atoms with Crippen LogP contribution in [0.25, 0.3) is 0 Å². The lowest BCUT2D eigenvalue weighted by molar-refractivity contribution is 0.102. The summed E-state index contributed by atoms with van der Waals surface area (Å²) in [4.78, 5) is 9.57. The number of hydrogen-bond acceptors (Lipinski definition) is 2. The van der Waals surface area contributed by atoms with Gasteiger partial charge < -0.3 is 9.84 Å². The van der Waals surface area contributed by atoms with Crippen LogP contribution in [0.2, 0.25) is 0 Å². The normalized spacial score (nSPS) is 9.62. The molecule has 0 radical (unpaired) electrons. The highest BCUT2D eigenvalue weighted by Gasteiger charge is 1.88. The Labute approximate surface area is 51.5 Å². The second-order valence-corrected chi connectivity index (χ2v) is 1.19. The van der Waals surface area contributed by atoms with Gasteiger partial charge in [-0.3, -0.25) is 0 Å². The van der Waals surface area contributed by atoms with Gasteiger partial charge in [-0.25, -0.2) is 4.79 Å². The zero-order valence-electron chi connectivity index (χ0n) is 4.00. The molecule has 0 heterocycles. The van der Waals surface area contributed by atoms with E-state index in [1.54, 1.807) is 0 Å². The van der Waals surface area contributed by atoms with Crippen molar-refractivity contribution in [3.8, 4) is 0 Å². The average Bonchev–Trinajstić information content (AvgIpc) is 1.66. The van der Waals surface area contributed by atoms with Gasteiger partial charge >= 0.3 is 6.16 Å². The van der Waals surface area contributed by atoms with E-state index in [0.29, 0.717) is 0 Å². The summed E-state index contributed by atoms with van der Waals surface area (Å²) in [6.45, 7) is 0.0127. The first kappa shape index (κ1) is 7.30. The van der Waals surface area contributed by atoms with Crippen LogP contribution in [0.1, 0.15) is 0 Å². The predicted octanol–water partition coefficient (Wildman–Crippen LogP) is 1.43. The lowest BCUT2D eigenvalue weighted by Gasteiger charge is -1.89. The summed E-state index contributed by atoms with van der Waals surface area (Å²) in [5.74, 6) is 0. The van der Waals surface area contributed by atoms with Gasteiger partial charge in [-0.15, -0.1) is 0 Å². The fourth-order valence-corrected chi connectivity index (χ4v) is 0.229. The van der Waals surface area contributed by atoms with E-state index in [4.69, 9.17) is 16.7 Å². The van der Waals surface area contributed by atoms with Crippen molar-refractivity contribution in [1.82, 2.24) is 0 Å². The lowest BCUT2D eigenvalue weighted by atomic mass is 10.7. The highest BCUT2D eigenvalue weighted by molar-refractivity contribution is 6.25. The number of ether oxygens (including phenoxy) is 1. The summed E-state index contributed by atoms with van der Waals surface area (Å²) >= 11 is 5.03. The van der Waals surface area contributed by atoms with Crippen LogP contribution in [-0.4, -0.2) is 17.9 Å². The van der Waals surface area contributed by atoms with E-state index in [1.165, 1.54) is 11.6 Å². The molecule has 3 nitrogen and oxygen atoms in total. The third kappa shape index (κ3) is 5.30. The summed E-state index contributed by atoms with van der Waals surface area (Å²) in [5.41, 5.74) is 1.20. The molecule has 0 saturated heterocycles. The van der Waals surface area contributed by atoms with Crippen molar-refractivity contribution in [2.45, 2.75) is 0 Å². The van der Waals surface area contributed by atoms with Crippen LogP contribution in [0.3, 0.4) is 0 Å². The van der Waals surface area contributed by atoms with E-state index in [2.05, 4.69) is 4.74 Å². The van der Waals surface area contributed by atoms with Gasteiger partial charge in [0.1, 0.15) is 6.61 Å². The van der Waals surface area contributed by atoms with Crippen molar-refractivity contribution < 1.29 is 14.6 Å². The zero-order valence-corrected chi connectivity index (χ0v) is 4.76. The Morgan fingerprint density at radius 3 is 2.88 bits per heavy atom. The fraction of sp³-hybridized carbons (Fsp3) is 0.250. The number of carboxylic acid groups (broad SMARTS) is 1. The van der Waals surface area contributed by atoms with Crippen molar-refractivity contribution in [1.29, 1.82) is 0 Å². The minimum atomic E-state index is -1.29. The highest BCUT2D eigenvalue weighted by atomic mass is 35.5. The Balaban J connectivity index is 3.05. The van der Waals surface area contributed by atoms with Crippen LogP contribution in [0.5, 0.6) is 0 Å². The molecule has 1 N–H and O–H groups in total. The quantitative estimate of drug-likeness (QED) is 0.585. The molecule has 0 saturated carbocycles. The third-order valence-electron chi connectivity index (χ3n) is 0.392. The van der Waals surface area contributed by atoms with Crippen LogP contribution in [0.4, 0.5) is 4.79 Å². The summed E-state index contributed by atoms with van der Waals surface area (Å²) in [5, 5.41) is 7.84. The van der Waals surface area contributed by atoms with Crippen LogP contribution in [-0.2, 0) is 4.74 Å². The fourth-order valence-electron chi connectivity index (χ4n) is 0.156. The number of rotatable bonds is 2. The maximum Gasteiger partial charge on any atom is 0.506 e. The van der Waals surface area contributed by atoms with Gasteiger partial charge in [0.2, 0.25) is 0 Å².